The van der Waals surface area contributed by atoms with Crippen LogP contribution in [0.3, 0.4) is 0 Å². The number of nitrogens with two attached hydrogens (primary N) is 1. The van der Waals surface area contributed by atoms with Gasteiger partial charge in [-0.1, -0.05) is 0 Å². The number of amides is 5. The van der Waals surface area contributed by atoms with Crippen LogP contribution >= 0.6 is 0 Å². The number of aromatic nitrogens is 4. The van der Waals surface area contributed by atoms with E-state index >= 15 is 0 Å². The number of fused-ring (bicyclic) bond motifs is 2. The van der Waals surface area contributed by atoms with Crippen molar-refractivity contribution in [2.24, 2.45) is 0 Å². The molecule has 5 rings (SSSR count). The van der Waals surface area contributed by atoms with Gasteiger partial charge in [-0.15, -0.1) is 0 Å². The number of hydrogen-bond acceptors (Lipinski definition) is 15. The monoisotopic (exact) mass is 874 g/mol. The molecular formula is C41H66N10O11. The summed E-state index contributed by atoms with van der Waals surface area (Å²) in [6.45, 7) is 20.5. The predicted octanol–water partition coefficient (Wildman–Crippen LogP) is 3.67. The van der Waals surface area contributed by atoms with Gasteiger partial charge in [0.2, 0.25) is 5.91 Å². The van der Waals surface area contributed by atoms with Gasteiger partial charge in [0.15, 0.2) is 29.6 Å². The van der Waals surface area contributed by atoms with Gasteiger partial charge in [-0.2, -0.15) is 0 Å². The Hall–Kier alpha value is -5.02. The Morgan fingerprint density at radius 2 is 1.18 bits per heavy atom. The number of carbonyl (C=O) groups excluding carboxylic acids is 5. The van der Waals surface area contributed by atoms with Gasteiger partial charge in [-0.05, 0) is 89.0 Å². The van der Waals surface area contributed by atoms with E-state index in [-0.39, 0.29) is 77.0 Å². The number of unbranched alkanes of at least 4 members (excludes halogenated alkanes) is 1. The highest BCUT2D eigenvalue weighted by Gasteiger charge is 2.58. The molecule has 2 aromatic rings. The normalized spacial score (nSPS) is 22.7. The summed E-state index contributed by atoms with van der Waals surface area (Å²) in [5.41, 5.74) is 4.48. The first-order valence-electron chi connectivity index (χ1n) is 21.2. The molecule has 3 N–H and O–H groups in total. The minimum absolute atomic E-state index is 0.0887. The zero-order valence-corrected chi connectivity index (χ0v) is 38.1. The summed E-state index contributed by atoms with van der Waals surface area (Å²) in [4.78, 5) is 86.4. The van der Waals surface area contributed by atoms with Gasteiger partial charge in [-0.3, -0.25) is 14.2 Å². The summed E-state index contributed by atoms with van der Waals surface area (Å²) < 4.78 is 37.3. The average molecular weight is 875 g/mol. The van der Waals surface area contributed by atoms with E-state index in [1.54, 1.807) is 85.6 Å². The van der Waals surface area contributed by atoms with Crippen molar-refractivity contribution in [1.29, 1.82) is 0 Å². The molecule has 21 heteroatoms. The molecule has 0 aromatic carbocycles. The first kappa shape index (κ1) is 48.0. The molecule has 62 heavy (non-hydrogen) atoms. The van der Waals surface area contributed by atoms with Gasteiger partial charge in [0.05, 0.1) is 6.33 Å². The fraction of sp³-hybridized carbons (Fsp3) is 0.756. The molecule has 0 saturated carbocycles. The highest BCUT2D eigenvalue weighted by atomic mass is 16.8. The van der Waals surface area contributed by atoms with Crippen LogP contribution in [0.2, 0.25) is 0 Å². The topological polar surface area (TPSA) is 235 Å². The lowest BCUT2D eigenvalue weighted by Crippen LogP contribution is -2.52. The summed E-state index contributed by atoms with van der Waals surface area (Å²) in [5.74, 6) is -1.36. The molecule has 0 bridgehead atoms. The lowest BCUT2D eigenvalue weighted by Gasteiger charge is -2.36. The van der Waals surface area contributed by atoms with E-state index in [1.807, 2.05) is 0 Å². The standard InChI is InChI=1S/C41H66N10O11/c1-38(2,3)60-35(54)48-18-16-47(17-19-49(36(55)61-39(4,5)6)21-23-50(22-20-48)37(56)62-40(7,8)9)26(52)14-12-13-15-43-33(53)29-28-30(59-41(10,11)58-28)34(57-29)51-25-46-27-31(42)44-24-45-32(27)51/h24-25,28-30,34H,12-23H2,1-11H3,(H,43,53)(H2,42,44,45)/t28-,29+,30-,34-/m1/s1. The Morgan fingerprint density at radius 1 is 0.710 bits per heavy atom. The minimum Gasteiger partial charge on any atom is -0.444 e. The maximum atomic E-state index is 13.9. The van der Waals surface area contributed by atoms with Crippen molar-refractivity contribution in [1.82, 2.24) is 44.4 Å². The van der Waals surface area contributed by atoms with Crippen LogP contribution in [0.25, 0.3) is 11.2 Å². The molecule has 346 valence electrons. The molecule has 5 heterocycles. The second-order valence-electron chi connectivity index (χ2n) is 19.1. The molecule has 3 fully saturated rings. The molecular weight excluding hydrogens is 809 g/mol. The van der Waals surface area contributed by atoms with Crippen LogP contribution in [0, 0.1) is 0 Å². The Morgan fingerprint density at radius 3 is 1.66 bits per heavy atom. The van der Waals surface area contributed by atoms with E-state index < -0.39 is 71.3 Å². The highest BCUT2D eigenvalue weighted by molar-refractivity contribution is 5.83. The van der Waals surface area contributed by atoms with Gasteiger partial charge in [0, 0.05) is 65.3 Å². The molecule has 21 nitrogen and oxygen atoms in total. The first-order valence-corrected chi connectivity index (χ1v) is 21.2. The lowest BCUT2D eigenvalue weighted by atomic mass is 10.1. The summed E-state index contributed by atoms with van der Waals surface area (Å²) in [5, 5.41) is 2.93. The Kier molecular flexibility index (Phi) is 14.8. The largest absolute Gasteiger partial charge is 0.444 e. The van der Waals surface area contributed by atoms with Crippen molar-refractivity contribution >= 4 is 47.1 Å². The number of nitrogen functional groups attached to an aromatic ring is 1. The average Bonchev–Trinajstić information content (AvgIpc) is 3.80. The number of hydrogen-bond donors (Lipinski definition) is 2. The van der Waals surface area contributed by atoms with Crippen molar-refractivity contribution in [3.8, 4) is 0 Å². The smallest absolute Gasteiger partial charge is 0.410 e. The number of carbonyl (C=O) groups is 5. The molecule has 4 atom stereocenters. The third-order valence-corrected chi connectivity index (χ3v) is 9.93. The summed E-state index contributed by atoms with van der Waals surface area (Å²) in [7, 11) is 0. The van der Waals surface area contributed by atoms with Gasteiger partial charge >= 0.3 is 18.3 Å². The molecule has 3 aliphatic heterocycles. The van der Waals surface area contributed by atoms with Crippen LogP contribution in [-0.4, -0.2) is 169 Å². The number of nitrogens with one attached hydrogen (secondary N) is 1. The minimum atomic E-state index is -1.01. The highest BCUT2D eigenvalue weighted by Crippen LogP contribution is 2.44. The molecule has 0 aliphatic carbocycles. The summed E-state index contributed by atoms with van der Waals surface area (Å²) in [6.07, 6.45) is -1.04. The number of anilines is 1. The molecule has 5 amide bonds. The predicted molar refractivity (Wildman–Crippen MR) is 224 cm³/mol. The fourth-order valence-corrected chi connectivity index (χ4v) is 7.13. The molecule has 0 unspecified atom stereocenters. The Balaban J connectivity index is 1.23. The molecule has 3 aliphatic rings. The Labute approximate surface area is 363 Å². The van der Waals surface area contributed by atoms with Gasteiger partial charge in [-0.25, -0.2) is 29.3 Å². The van der Waals surface area contributed by atoms with E-state index in [0.29, 0.717) is 24.0 Å². The molecule has 0 spiro atoms. The van der Waals surface area contributed by atoms with E-state index in [4.69, 9.17) is 34.2 Å². The number of imidazole rings is 1. The number of rotatable bonds is 7. The fourth-order valence-electron chi connectivity index (χ4n) is 7.13. The van der Waals surface area contributed by atoms with Gasteiger partial charge < -0.3 is 59.1 Å². The van der Waals surface area contributed by atoms with Crippen molar-refractivity contribution in [3.63, 3.8) is 0 Å². The van der Waals surface area contributed by atoms with Crippen molar-refractivity contribution < 1.29 is 52.4 Å². The van der Waals surface area contributed by atoms with Crippen LogP contribution in [0.4, 0.5) is 20.2 Å². The van der Waals surface area contributed by atoms with Gasteiger partial charge in [0.25, 0.3) is 5.91 Å². The van der Waals surface area contributed by atoms with Crippen molar-refractivity contribution in [2.45, 2.75) is 143 Å². The van der Waals surface area contributed by atoms with E-state index in [1.165, 1.54) is 27.4 Å². The van der Waals surface area contributed by atoms with E-state index in [2.05, 4.69) is 20.3 Å². The number of ether oxygens (including phenoxy) is 6. The quantitative estimate of drug-likeness (QED) is 0.298. The van der Waals surface area contributed by atoms with Crippen LogP contribution < -0.4 is 11.1 Å². The third-order valence-electron chi connectivity index (χ3n) is 9.93. The van der Waals surface area contributed by atoms with Crippen LogP contribution in [0.5, 0.6) is 0 Å². The molecule has 3 saturated heterocycles. The van der Waals surface area contributed by atoms with E-state index in [0.717, 1.165) is 0 Å². The maximum absolute atomic E-state index is 13.9. The van der Waals surface area contributed by atoms with Crippen LogP contribution in [0.1, 0.15) is 102 Å². The second kappa shape index (κ2) is 19.2. The maximum Gasteiger partial charge on any atom is 0.410 e. The van der Waals surface area contributed by atoms with Crippen LogP contribution in [0.15, 0.2) is 12.7 Å². The SMILES string of the molecule is CC(C)(C)OC(=O)N1CCN(C(=O)CCCCNC(=O)[C@H]2O[C@@H](n3cnc4c(N)ncnc43)[C@@H]3OC(C)(C)O[C@@H]32)CCN(C(=O)OC(C)(C)C)CCN(C(=O)OC(C)(C)C)CC1. The van der Waals surface area contributed by atoms with Crippen LogP contribution in [-0.2, 0) is 38.0 Å². The summed E-state index contributed by atoms with van der Waals surface area (Å²) >= 11 is 0. The Bertz CT molecular complexity index is 1880. The zero-order chi connectivity index (χ0) is 45.8. The zero-order valence-electron chi connectivity index (χ0n) is 38.1. The molecule has 0 radical (unpaired) electrons. The van der Waals surface area contributed by atoms with Gasteiger partial charge in [0.1, 0.15) is 40.9 Å². The molecule has 2 aromatic heterocycles. The lowest BCUT2D eigenvalue weighted by molar-refractivity contribution is -0.197. The second-order valence-corrected chi connectivity index (χ2v) is 19.1. The first-order chi connectivity index (χ1) is 28.8. The van der Waals surface area contributed by atoms with Crippen molar-refractivity contribution in [2.75, 3.05) is 64.6 Å². The number of nitrogens with zero attached hydrogens (tertiary/aromatic N) is 8. The van der Waals surface area contributed by atoms with E-state index in [9.17, 15) is 24.0 Å². The summed E-state index contributed by atoms with van der Waals surface area (Å²) in [6, 6.07) is 0. The van der Waals surface area contributed by atoms with Crippen molar-refractivity contribution in [3.05, 3.63) is 12.7 Å². The third kappa shape index (κ3) is 13.0.